The average Bonchev–Trinajstić information content (AvgIpc) is 2.23. The zero-order valence-corrected chi connectivity index (χ0v) is 7.90. The minimum Gasteiger partial charge on any atom is -0.258 e. The Morgan fingerprint density at radius 3 is 2.93 bits per heavy atom. The van der Waals surface area contributed by atoms with Gasteiger partial charge >= 0.3 is 5.69 Å². The molecular weight excluding hydrogens is 225 g/mol. The van der Waals surface area contributed by atoms with Gasteiger partial charge in [-0.1, -0.05) is 11.6 Å². The molecule has 7 heteroatoms. The van der Waals surface area contributed by atoms with Gasteiger partial charge in [-0.25, -0.2) is 9.97 Å². The van der Waals surface area contributed by atoms with Crippen molar-refractivity contribution in [1.29, 1.82) is 0 Å². The molecular formula is C8H3ClFN3O2. The lowest BCUT2D eigenvalue weighted by molar-refractivity contribution is -0.387. The molecule has 2 rings (SSSR count). The van der Waals surface area contributed by atoms with Gasteiger partial charge in [-0.15, -0.1) is 0 Å². The SMILES string of the molecule is O=[N+]([O-])c1cc2cncnc2c(Cl)c1F. The third-order valence-electron chi connectivity index (χ3n) is 1.85. The fraction of sp³-hybridized carbons (Fsp3) is 0. The standard InChI is InChI=1S/C8H3ClFN3O2/c9-6-7(10)5(13(14)15)1-4-2-11-3-12-8(4)6/h1-3H. The number of fused-ring (bicyclic) bond motifs is 1. The van der Waals surface area contributed by atoms with Gasteiger partial charge in [0, 0.05) is 17.6 Å². The molecule has 0 unspecified atom stereocenters. The highest BCUT2D eigenvalue weighted by atomic mass is 35.5. The van der Waals surface area contributed by atoms with Gasteiger partial charge in [0.1, 0.15) is 11.3 Å². The molecule has 15 heavy (non-hydrogen) atoms. The zero-order chi connectivity index (χ0) is 11.0. The van der Waals surface area contributed by atoms with Gasteiger partial charge in [-0.2, -0.15) is 4.39 Å². The number of nitro groups is 1. The van der Waals surface area contributed by atoms with Crippen LogP contribution in [0.4, 0.5) is 10.1 Å². The number of rotatable bonds is 1. The van der Waals surface area contributed by atoms with E-state index in [0.29, 0.717) is 5.39 Å². The summed E-state index contributed by atoms with van der Waals surface area (Å²) in [5.74, 6) is -1.08. The van der Waals surface area contributed by atoms with Crippen molar-refractivity contribution in [2.75, 3.05) is 0 Å². The van der Waals surface area contributed by atoms with Crippen molar-refractivity contribution in [3.8, 4) is 0 Å². The van der Waals surface area contributed by atoms with Crippen LogP contribution in [-0.2, 0) is 0 Å². The van der Waals surface area contributed by atoms with Gasteiger partial charge in [0.15, 0.2) is 0 Å². The maximum absolute atomic E-state index is 13.3. The number of aromatic nitrogens is 2. The summed E-state index contributed by atoms with van der Waals surface area (Å²) < 4.78 is 13.3. The van der Waals surface area contributed by atoms with Gasteiger partial charge in [0.2, 0.25) is 5.82 Å². The zero-order valence-electron chi connectivity index (χ0n) is 7.15. The molecule has 0 fully saturated rings. The highest BCUT2D eigenvalue weighted by Gasteiger charge is 2.20. The summed E-state index contributed by atoms with van der Waals surface area (Å²) in [4.78, 5) is 17.0. The molecule has 0 bridgehead atoms. The van der Waals surface area contributed by atoms with E-state index in [1.807, 2.05) is 0 Å². The summed E-state index contributed by atoms with van der Waals surface area (Å²) in [6.07, 6.45) is 2.53. The summed E-state index contributed by atoms with van der Waals surface area (Å²) in [5, 5.41) is 10.5. The molecule has 2 aromatic rings. The molecule has 0 N–H and O–H groups in total. The Balaban J connectivity index is 2.88. The van der Waals surface area contributed by atoms with Crippen molar-refractivity contribution in [3.63, 3.8) is 0 Å². The number of halogens is 2. The van der Waals surface area contributed by atoms with Gasteiger partial charge in [0.25, 0.3) is 0 Å². The van der Waals surface area contributed by atoms with E-state index in [4.69, 9.17) is 11.6 Å². The maximum atomic E-state index is 13.3. The molecule has 0 saturated carbocycles. The largest absolute Gasteiger partial charge is 0.307 e. The Hall–Kier alpha value is -1.82. The van der Waals surface area contributed by atoms with Crippen molar-refractivity contribution in [2.24, 2.45) is 0 Å². The Bertz CT molecular complexity index is 561. The maximum Gasteiger partial charge on any atom is 0.307 e. The van der Waals surface area contributed by atoms with E-state index in [2.05, 4.69) is 9.97 Å². The first-order valence-electron chi connectivity index (χ1n) is 3.83. The second-order valence-electron chi connectivity index (χ2n) is 2.74. The van der Waals surface area contributed by atoms with Crippen LogP contribution in [0.2, 0.25) is 5.02 Å². The number of nitrogens with zero attached hydrogens (tertiary/aromatic N) is 3. The molecule has 1 aromatic heterocycles. The molecule has 1 heterocycles. The molecule has 0 aliphatic carbocycles. The Morgan fingerprint density at radius 2 is 2.27 bits per heavy atom. The predicted molar refractivity (Wildman–Crippen MR) is 51.2 cm³/mol. The molecule has 0 atom stereocenters. The van der Waals surface area contributed by atoms with E-state index < -0.39 is 16.4 Å². The Morgan fingerprint density at radius 1 is 1.53 bits per heavy atom. The quantitative estimate of drug-likeness (QED) is 0.554. The molecule has 0 spiro atoms. The first-order valence-corrected chi connectivity index (χ1v) is 4.21. The summed E-state index contributed by atoms with van der Waals surface area (Å²) in [7, 11) is 0. The van der Waals surface area contributed by atoms with Crippen LogP contribution in [0.1, 0.15) is 0 Å². The lowest BCUT2D eigenvalue weighted by Crippen LogP contribution is -1.95. The Labute approximate surface area is 87.7 Å². The van der Waals surface area contributed by atoms with E-state index >= 15 is 0 Å². The number of hydrogen-bond acceptors (Lipinski definition) is 4. The summed E-state index contributed by atoms with van der Waals surface area (Å²) in [6, 6.07) is 1.05. The van der Waals surface area contributed by atoms with E-state index in [1.165, 1.54) is 12.5 Å². The fourth-order valence-corrected chi connectivity index (χ4v) is 1.44. The number of benzene rings is 1. The van der Waals surface area contributed by atoms with Crippen LogP contribution in [-0.4, -0.2) is 14.9 Å². The molecule has 0 amide bonds. The van der Waals surface area contributed by atoms with Crippen molar-refractivity contribution in [3.05, 3.63) is 39.5 Å². The monoisotopic (exact) mass is 227 g/mol. The molecule has 1 aromatic carbocycles. The average molecular weight is 228 g/mol. The topological polar surface area (TPSA) is 68.9 Å². The van der Waals surface area contributed by atoms with Gasteiger partial charge in [-0.05, 0) is 0 Å². The molecule has 5 nitrogen and oxygen atoms in total. The van der Waals surface area contributed by atoms with Crippen molar-refractivity contribution < 1.29 is 9.31 Å². The molecule has 0 aliphatic rings. The summed E-state index contributed by atoms with van der Waals surface area (Å²) >= 11 is 5.61. The first-order chi connectivity index (χ1) is 7.11. The van der Waals surface area contributed by atoms with E-state index in [1.54, 1.807) is 0 Å². The van der Waals surface area contributed by atoms with Crippen LogP contribution in [0.15, 0.2) is 18.6 Å². The minimum absolute atomic E-state index is 0.162. The minimum atomic E-state index is -1.08. The van der Waals surface area contributed by atoms with Gasteiger partial charge in [-0.3, -0.25) is 10.1 Å². The second kappa shape index (κ2) is 3.39. The van der Waals surface area contributed by atoms with Crippen molar-refractivity contribution in [1.82, 2.24) is 9.97 Å². The molecule has 76 valence electrons. The van der Waals surface area contributed by atoms with Crippen LogP contribution in [0.5, 0.6) is 0 Å². The smallest absolute Gasteiger partial charge is 0.258 e. The van der Waals surface area contributed by atoms with Crippen LogP contribution >= 0.6 is 11.6 Å². The Kier molecular flexibility index (Phi) is 2.20. The van der Waals surface area contributed by atoms with E-state index in [-0.39, 0.29) is 10.5 Å². The molecule has 0 radical (unpaired) electrons. The lowest BCUT2D eigenvalue weighted by Gasteiger charge is -2.00. The van der Waals surface area contributed by atoms with Crippen molar-refractivity contribution >= 4 is 28.2 Å². The second-order valence-corrected chi connectivity index (χ2v) is 3.12. The van der Waals surface area contributed by atoms with Crippen LogP contribution < -0.4 is 0 Å². The van der Waals surface area contributed by atoms with Crippen LogP contribution in [0.3, 0.4) is 0 Å². The lowest BCUT2D eigenvalue weighted by atomic mass is 10.2. The van der Waals surface area contributed by atoms with Gasteiger partial charge in [0.05, 0.1) is 10.4 Å². The predicted octanol–water partition coefficient (Wildman–Crippen LogP) is 2.33. The van der Waals surface area contributed by atoms with Crippen molar-refractivity contribution in [2.45, 2.75) is 0 Å². The summed E-state index contributed by atoms with van der Waals surface area (Å²) in [6.45, 7) is 0. The molecule has 0 aliphatic heterocycles. The highest BCUT2D eigenvalue weighted by Crippen LogP contribution is 2.31. The normalized spacial score (nSPS) is 10.5. The van der Waals surface area contributed by atoms with E-state index in [0.717, 1.165) is 6.07 Å². The number of hydrogen-bond donors (Lipinski definition) is 0. The highest BCUT2D eigenvalue weighted by molar-refractivity contribution is 6.35. The summed E-state index contributed by atoms with van der Waals surface area (Å²) in [5.41, 5.74) is -0.517. The number of nitro benzene ring substituents is 1. The molecule has 0 saturated heterocycles. The third kappa shape index (κ3) is 1.48. The fourth-order valence-electron chi connectivity index (χ4n) is 1.19. The van der Waals surface area contributed by atoms with E-state index in [9.17, 15) is 14.5 Å². The van der Waals surface area contributed by atoms with Crippen LogP contribution in [0, 0.1) is 15.9 Å². The van der Waals surface area contributed by atoms with Crippen LogP contribution in [0.25, 0.3) is 10.9 Å². The third-order valence-corrected chi connectivity index (χ3v) is 2.20. The first kappa shape index (κ1) is 9.72. The van der Waals surface area contributed by atoms with Gasteiger partial charge < -0.3 is 0 Å².